The minimum atomic E-state index is 0.272. The summed E-state index contributed by atoms with van der Waals surface area (Å²) in [5.74, 6) is 1.24. The van der Waals surface area contributed by atoms with Gasteiger partial charge in [0.1, 0.15) is 17.1 Å². The fraction of sp³-hybridized carbons (Fsp3) is 0.125. The van der Waals surface area contributed by atoms with E-state index in [-0.39, 0.29) is 5.75 Å². The number of halogens is 1. The number of fused-ring (bicyclic) bond motifs is 1. The van der Waals surface area contributed by atoms with Crippen molar-refractivity contribution in [3.8, 4) is 16.9 Å². The number of phenols is 1. The third kappa shape index (κ3) is 2.04. The molecule has 0 fully saturated rings. The quantitative estimate of drug-likeness (QED) is 0.711. The van der Waals surface area contributed by atoms with Crippen LogP contribution in [0.25, 0.3) is 22.1 Å². The molecule has 0 bridgehead atoms. The molecule has 0 aliphatic heterocycles. The first-order chi connectivity index (χ1) is 9.20. The lowest BCUT2D eigenvalue weighted by molar-refractivity contribution is 0.475. The predicted molar refractivity (Wildman–Crippen MR) is 80.4 cm³/mol. The average molecular weight is 317 g/mol. The lowest BCUT2D eigenvalue weighted by atomic mass is 10.0. The highest BCUT2D eigenvalue weighted by atomic mass is 79.9. The summed E-state index contributed by atoms with van der Waals surface area (Å²) < 4.78 is 6.95. The summed E-state index contributed by atoms with van der Waals surface area (Å²) in [6, 6.07) is 13.2. The molecule has 0 aliphatic rings. The monoisotopic (exact) mass is 316 g/mol. The van der Waals surface area contributed by atoms with Gasteiger partial charge in [0, 0.05) is 21.8 Å². The van der Waals surface area contributed by atoms with Crippen LogP contribution in [0.4, 0.5) is 0 Å². The summed E-state index contributed by atoms with van der Waals surface area (Å²) in [6.45, 7) is 2.08. The van der Waals surface area contributed by atoms with E-state index < -0.39 is 0 Å². The van der Waals surface area contributed by atoms with Crippen LogP contribution in [0.1, 0.15) is 12.7 Å². The SMILES string of the molecule is CCc1oc2cccc(Br)c2c1-c1ccc(O)cc1. The van der Waals surface area contributed by atoms with Gasteiger partial charge < -0.3 is 9.52 Å². The third-order valence-electron chi connectivity index (χ3n) is 3.21. The molecule has 3 rings (SSSR count). The van der Waals surface area contributed by atoms with Gasteiger partial charge in [-0.25, -0.2) is 0 Å². The highest BCUT2D eigenvalue weighted by Crippen LogP contribution is 2.39. The number of benzene rings is 2. The fourth-order valence-corrected chi connectivity index (χ4v) is 2.88. The van der Waals surface area contributed by atoms with Crippen LogP contribution < -0.4 is 0 Å². The first-order valence-corrected chi connectivity index (χ1v) is 6.99. The van der Waals surface area contributed by atoms with Gasteiger partial charge in [-0.1, -0.05) is 41.1 Å². The zero-order valence-corrected chi connectivity index (χ0v) is 12.1. The van der Waals surface area contributed by atoms with Gasteiger partial charge in [0.05, 0.1) is 0 Å². The molecule has 2 nitrogen and oxygen atoms in total. The van der Waals surface area contributed by atoms with Crippen molar-refractivity contribution in [1.29, 1.82) is 0 Å². The molecule has 96 valence electrons. The number of aromatic hydroxyl groups is 1. The highest BCUT2D eigenvalue weighted by Gasteiger charge is 2.16. The number of phenolic OH excluding ortho intramolecular Hbond substituents is 1. The topological polar surface area (TPSA) is 33.4 Å². The Hall–Kier alpha value is -1.74. The Labute approximate surface area is 119 Å². The largest absolute Gasteiger partial charge is 0.508 e. The predicted octanol–water partition coefficient (Wildman–Crippen LogP) is 5.13. The second-order valence-electron chi connectivity index (χ2n) is 4.41. The zero-order chi connectivity index (χ0) is 13.4. The molecule has 2 aromatic carbocycles. The Balaban J connectivity index is 2.35. The van der Waals surface area contributed by atoms with Crippen molar-refractivity contribution in [2.75, 3.05) is 0 Å². The van der Waals surface area contributed by atoms with E-state index in [4.69, 9.17) is 4.42 Å². The van der Waals surface area contributed by atoms with E-state index in [1.807, 2.05) is 30.3 Å². The first-order valence-electron chi connectivity index (χ1n) is 6.20. The van der Waals surface area contributed by atoms with Crippen molar-refractivity contribution < 1.29 is 9.52 Å². The number of furan rings is 1. The molecule has 1 heterocycles. The maximum atomic E-state index is 9.42. The summed E-state index contributed by atoms with van der Waals surface area (Å²) >= 11 is 3.59. The van der Waals surface area contributed by atoms with Gasteiger partial charge in [-0.05, 0) is 29.8 Å². The van der Waals surface area contributed by atoms with Crippen LogP contribution >= 0.6 is 15.9 Å². The third-order valence-corrected chi connectivity index (χ3v) is 3.88. The molecule has 0 radical (unpaired) electrons. The average Bonchev–Trinajstić information content (AvgIpc) is 2.80. The fourth-order valence-electron chi connectivity index (χ4n) is 2.34. The van der Waals surface area contributed by atoms with E-state index >= 15 is 0 Å². The van der Waals surface area contributed by atoms with Gasteiger partial charge in [0.15, 0.2) is 0 Å². The van der Waals surface area contributed by atoms with Gasteiger partial charge in [-0.3, -0.25) is 0 Å². The smallest absolute Gasteiger partial charge is 0.136 e. The molecular weight excluding hydrogens is 304 g/mol. The van der Waals surface area contributed by atoms with Crippen molar-refractivity contribution in [2.24, 2.45) is 0 Å². The van der Waals surface area contributed by atoms with E-state index in [1.165, 1.54) is 0 Å². The van der Waals surface area contributed by atoms with Gasteiger partial charge >= 0.3 is 0 Å². The molecule has 1 N–H and O–H groups in total. The summed E-state index contributed by atoms with van der Waals surface area (Å²) in [4.78, 5) is 0. The molecule has 3 aromatic rings. The van der Waals surface area contributed by atoms with E-state index in [0.29, 0.717) is 0 Å². The van der Waals surface area contributed by atoms with Crippen LogP contribution in [-0.2, 0) is 6.42 Å². The van der Waals surface area contributed by atoms with E-state index in [9.17, 15) is 5.11 Å². The minimum absolute atomic E-state index is 0.272. The maximum Gasteiger partial charge on any atom is 0.136 e. The van der Waals surface area contributed by atoms with Crippen molar-refractivity contribution in [3.05, 3.63) is 52.7 Å². The van der Waals surface area contributed by atoms with Crippen LogP contribution in [0.15, 0.2) is 51.4 Å². The Kier molecular flexibility index (Phi) is 3.07. The van der Waals surface area contributed by atoms with E-state index in [2.05, 4.69) is 22.9 Å². The van der Waals surface area contributed by atoms with Gasteiger partial charge in [-0.15, -0.1) is 0 Å². The molecule has 1 aromatic heterocycles. The van der Waals surface area contributed by atoms with Crippen molar-refractivity contribution in [1.82, 2.24) is 0 Å². The molecule has 0 saturated heterocycles. The number of hydrogen-bond donors (Lipinski definition) is 1. The highest BCUT2D eigenvalue weighted by molar-refractivity contribution is 9.10. The Morgan fingerprint density at radius 3 is 2.53 bits per heavy atom. The summed E-state index contributed by atoms with van der Waals surface area (Å²) in [5, 5.41) is 10.5. The van der Waals surface area contributed by atoms with Crippen molar-refractivity contribution >= 4 is 26.9 Å². The van der Waals surface area contributed by atoms with Crippen LogP contribution in [-0.4, -0.2) is 5.11 Å². The van der Waals surface area contributed by atoms with E-state index in [0.717, 1.165) is 38.7 Å². The zero-order valence-electron chi connectivity index (χ0n) is 10.5. The van der Waals surface area contributed by atoms with Gasteiger partial charge in [-0.2, -0.15) is 0 Å². The normalized spacial score (nSPS) is 11.1. The summed E-state index contributed by atoms with van der Waals surface area (Å²) in [7, 11) is 0. The Morgan fingerprint density at radius 2 is 1.84 bits per heavy atom. The molecule has 0 saturated carbocycles. The second kappa shape index (κ2) is 4.74. The number of hydrogen-bond acceptors (Lipinski definition) is 2. The van der Waals surface area contributed by atoms with Gasteiger partial charge in [0.2, 0.25) is 0 Å². The Bertz CT molecular complexity index is 726. The summed E-state index contributed by atoms with van der Waals surface area (Å²) in [5.41, 5.74) is 3.04. The molecule has 0 spiro atoms. The second-order valence-corrected chi connectivity index (χ2v) is 5.27. The molecule has 0 atom stereocenters. The lowest BCUT2D eigenvalue weighted by Crippen LogP contribution is -1.82. The maximum absolute atomic E-state index is 9.42. The molecule has 0 aliphatic carbocycles. The summed E-state index contributed by atoms with van der Waals surface area (Å²) in [6.07, 6.45) is 0.831. The standard InChI is InChI=1S/C16H13BrO2/c1-2-13-15(10-6-8-11(18)9-7-10)16-12(17)4-3-5-14(16)19-13/h3-9,18H,2H2,1H3. The van der Waals surface area contributed by atoms with Crippen LogP contribution in [0.3, 0.4) is 0 Å². The first kappa shape index (κ1) is 12.3. The molecular formula is C16H13BrO2. The van der Waals surface area contributed by atoms with E-state index in [1.54, 1.807) is 12.1 Å². The molecule has 19 heavy (non-hydrogen) atoms. The lowest BCUT2D eigenvalue weighted by Gasteiger charge is -2.03. The Morgan fingerprint density at radius 1 is 1.11 bits per heavy atom. The molecule has 0 unspecified atom stereocenters. The van der Waals surface area contributed by atoms with Gasteiger partial charge in [0.25, 0.3) is 0 Å². The molecule has 0 amide bonds. The molecule has 3 heteroatoms. The van der Waals surface area contributed by atoms with Crippen LogP contribution in [0, 0.1) is 0 Å². The van der Waals surface area contributed by atoms with Crippen LogP contribution in [0.5, 0.6) is 5.75 Å². The van der Waals surface area contributed by atoms with Crippen LogP contribution in [0.2, 0.25) is 0 Å². The van der Waals surface area contributed by atoms with Crippen molar-refractivity contribution in [3.63, 3.8) is 0 Å². The number of rotatable bonds is 2. The minimum Gasteiger partial charge on any atom is -0.508 e. The number of aryl methyl sites for hydroxylation is 1. The van der Waals surface area contributed by atoms with Crippen molar-refractivity contribution in [2.45, 2.75) is 13.3 Å².